The molecule has 6 N–H and O–H groups in total. The number of methoxy groups -OCH3 is 1. The van der Waals surface area contributed by atoms with Crippen LogP contribution < -0.4 is 5.32 Å². The molecular formula is C44H79NO15. The van der Waals surface area contributed by atoms with Crippen molar-refractivity contribution in [1.82, 2.24) is 5.32 Å². The van der Waals surface area contributed by atoms with Crippen LogP contribution in [-0.4, -0.2) is 135 Å². The van der Waals surface area contributed by atoms with Crippen molar-refractivity contribution in [2.75, 3.05) is 13.7 Å². The van der Waals surface area contributed by atoms with Gasteiger partial charge in [0.1, 0.15) is 23.4 Å². The molecule has 3 saturated heterocycles. The zero-order valence-corrected chi connectivity index (χ0v) is 38.4. The van der Waals surface area contributed by atoms with Gasteiger partial charge in [-0.1, -0.05) is 48.0 Å². The van der Waals surface area contributed by atoms with E-state index in [4.69, 9.17) is 38.3 Å². The van der Waals surface area contributed by atoms with Gasteiger partial charge >= 0.3 is 18.0 Å². The second kappa shape index (κ2) is 22.0. The summed E-state index contributed by atoms with van der Waals surface area (Å²) in [6, 6.07) is 0. The highest BCUT2D eigenvalue weighted by Gasteiger charge is 2.54. The summed E-state index contributed by atoms with van der Waals surface area (Å²) >= 11 is 0. The van der Waals surface area contributed by atoms with Crippen molar-refractivity contribution in [2.24, 2.45) is 35.5 Å². The number of esters is 1. The van der Waals surface area contributed by atoms with Crippen molar-refractivity contribution in [3.05, 3.63) is 0 Å². The van der Waals surface area contributed by atoms with Crippen LogP contribution >= 0.6 is 0 Å². The van der Waals surface area contributed by atoms with Gasteiger partial charge in [-0.15, -0.1) is 0 Å². The summed E-state index contributed by atoms with van der Waals surface area (Å²) in [6.45, 7) is 21.7. The number of cyclic esters (lactones) is 1. The van der Waals surface area contributed by atoms with Crippen LogP contribution in [0.15, 0.2) is 0 Å². The first kappa shape index (κ1) is 52.2. The molecule has 350 valence electrons. The molecule has 3 rings (SSSR count). The fourth-order valence-corrected chi connectivity index (χ4v) is 9.64. The van der Waals surface area contributed by atoms with Gasteiger partial charge < -0.3 is 64.0 Å². The molecule has 0 aliphatic carbocycles. The lowest BCUT2D eigenvalue weighted by Crippen LogP contribution is -2.61. The Bertz CT molecular complexity index is 1380. The third-order valence-corrected chi connectivity index (χ3v) is 13.8. The molecular weight excluding hydrogens is 782 g/mol. The molecule has 3 aliphatic rings. The molecule has 0 aromatic heterocycles. The van der Waals surface area contributed by atoms with Gasteiger partial charge in [0.05, 0.1) is 42.0 Å². The molecule has 1 amide bonds. The lowest BCUT2D eigenvalue weighted by Gasteiger charge is -2.49. The van der Waals surface area contributed by atoms with Crippen molar-refractivity contribution in [1.29, 1.82) is 0 Å². The Morgan fingerprint density at radius 3 is 2.10 bits per heavy atom. The predicted molar refractivity (Wildman–Crippen MR) is 220 cm³/mol. The summed E-state index contributed by atoms with van der Waals surface area (Å²) in [5.74, 6) is -4.50. The average molecular weight is 862 g/mol. The smallest absolute Gasteiger partial charge is 0.407 e. The Labute approximate surface area is 357 Å². The van der Waals surface area contributed by atoms with Crippen LogP contribution in [0.3, 0.4) is 0 Å². The SMILES string of the molecule is CC[C@H]1OC(=O)[C@H](C)[C@@H](OC2CC(C)(OC)C(OC(=O)NCCCCCC(=O)O)C(C)O2)C(C)[C@@H](OC2OC(C)CC(C)C2O)[C@](C)(O)C[C@@H](C)[C@H](C)[C@H](C)[C@@H](O)[C@]1(C)O. The molecule has 0 bridgehead atoms. The van der Waals surface area contributed by atoms with Gasteiger partial charge in [0.2, 0.25) is 0 Å². The van der Waals surface area contributed by atoms with Gasteiger partial charge in [-0.3, -0.25) is 9.59 Å². The minimum Gasteiger partial charge on any atom is -0.481 e. The maximum atomic E-state index is 14.3. The molecule has 0 spiro atoms. The molecule has 3 fully saturated rings. The summed E-state index contributed by atoms with van der Waals surface area (Å²) in [5.41, 5.74) is -4.56. The van der Waals surface area contributed by atoms with E-state index in [1.807, 2.05) is 34.6 Å². The Balaban J connectivity index is 2.02. The molecule has 16 heteroatoms. The van der Waals surface area contributed by atoms with Crippen molar-refractivity contribution in [2.45, 2.75) is 213 Å². The third-order valence-electron chi connectivity index (χ3n) is 13.8. The molecule has 3 heterocycles. The van der Waals surface area contributed by atoms with E-state index in [2.05, 4.69) is 5.32 Å². The van der Waals surface area contributed by atoms with E-state index in [1.165, 1.54) is 14.0 Å². The number of carboxylic acid groups (broad SMARTS) is 1. The maximum Gasteiger partial charge on any atom is 0.407 e. The number of carbonyl (C=O) groups excluding carboxylic acids is 2. The second-order valence-electron chi connectivity index (χ2n) is 19.0. The third kappa shape index (κ3) is 13.0. The zero-order chi connectivity index (χ0) is 45.5. The molecule has 3 aliphatic heterocycles. The minimum atomic E-state index is -1.82. The van der Waals surface area contributed by atoms with E-state index in [0.29, 0.717) is 32.2 Å². The van der Waals surface area contributed by atoms with Crippen LogP contribution in [-0.2, 0) is 42.7 Å². The first-order valence-corrected chi connectivity index (χ1v) is 22.2. The number of hydrogen-bond acceptors (Lipinski definition) is 14. The largest absolute Gasteiger partial charge is 0.481 e. The second-order valence-corrected chi connectivity index (χ2v) is 19.0. The summed E-state index contributed by atoms with van der Waals surface area (Å²) in [5, 5.41) is 58.9. The first-order valence-electron chi connectivity index (χ1n) is 22.2. The zero-order valence-electron chi connectivity index (χ0n) is 38.4. The van der Waals surface area contributed by atoms with Crippen LogP contribution in [0.4, 0.5) is 4.79 Å². The van der Waals surface area contributed by atoms with Gasteiger partial charge in [0.15, 0.2) is 18.7 Å². The number of aliphatic hydroxyl groups excluding tert-OH is 2. The van der Waals surface area contributed by atoms with Gasteiger partial charge in [-0.2, -0.15) is 0 Å². The Morgan fingerprint density at radius 2 is 1.50 bits per heavy atom. The van der Waals surface area contributed by atoms with Gasteiger partial charge in [0.25, 0.3) is 0 Å². The highest BCUT2D eigenvalue weighted by atomic mass is 16.7. The number of ether oxygens (including phenoxy) is 7. The molecule has 16 nitrogen and oxygen atoms in total. The number of aliphatic hydroxyl groups is 4. The highest BCUT2D eigenvalue weighted by molar-refractivity contribution is 5.73. The predicted octanol–water partition coefficient (Wildman–Crippen LogP) is 4.94. The van der Waals surface area contributed by atoms with Crippen LogP contribution in [0.1, 0.15) is 134 Å². The lowest BCUT2D eigenvalue weighted by molar-refractivity contribution is -0.318. The van der Waals surface area contributed by atoms with E-state index in [1.54, 1.807) is 41.5 Å². The van der Waals surface area contributed by atoms with Crippen molar-refractivity contribution >= 4 is 18.0 Å². The Hall–Kier alpha value is -2.15. The van der Waals surface area contributed by atoms with E-state index < -0.39 is 108 Å². The van der Waals surface area contributed by atoms with Gasteiger partial charge in [-0.25, -0.2) is 4.79 Å². The molecule has 0 aromatic rings. The molecule has 0 saturated carbocycles. The lowest BCUT2D eigenvalue weighted by atomic mass is 9.70. The number of aliphatic carboxylic acids is 1. The Morgan fingerprint density at radius 1 is 0.850 bits per heavy atom. The van der Waals surface area contributed by atoms with Crippen LogP contribution in [0.25, 0.3) is 0 Å². The number of carbonyl (C=O) groups is 3. The normalized spacial score (nSPS) is 44.9. The van der Waals surface area contributed by atoms with E-state index >= 15 is 0 Å². The molecule has 0 radical (unpaired) electrons. The summed E-state index contributed by atoms with van der Waals surface area (Å²) in [7, 11) is 1.49. The van der Waals surface area contributed by atoms with E-state index in [0.717, 1.165) is 0 Å². The number of amides is 1. The van der Waals surface area contributed by atoms with Crippen LogP contribution in [0.5, 0.6) is 0 Å². The van der Waals surface area contributed by atoms with Crippen LogP contribution in [0.2, 0.25) is 0 Å². The maximum absolute atomic E-state index is 14.3. The molecule has 60 heavy (non-hydrogen) atoms. The van der Waals surface area contributed by atoms with E-state index in [9.17, 15) is 34.8 Å². The number of nitrogens with one attached hydrogen (secondary N) is 1. The van der Waals surface area contributed by atoms with Crippen molar-refractivity contribution in [3.8, 4) is 0 Å². The molecule has 19 atom stereocenters. The first-order chi connectivity index (χ1) is 27.8. The number of alkyl carbamates (subject to hydrolysis) is 1. The minimum absolute atomic E-state index is 0.0539. The summed E-state index contributed by atoms with van der Waals surface area (Å²) < 4.78 is 43.9. The van der Waals surface area contributed by atoms with Crippen LogP contribution in [0, 0.1) is 35.5 Å². The fraction of sp³-hybridized carbons (Fsp3) is 0.932. The molecule has 9 unspecified atom stereocenters. The standard InChI is InChI=1S/C44H79NO15/c1-14-31-44(12,53)36(49)27(6)26(5)24(3)21-42(10,52)37(59-40-34(48)23(2)20-25(4)55-40)28(7)35(29(8)39(50)57-31)58-33-22-43(11,54-13)38(30(9)56-33)60-41(51)45-19-17-15-16-18-32(46)47/h23-31,33-38,40,48-49,52-53H,14-22H2,1-13H3,(H,45,51)(H,46,47)/t23?,24-,25?,26+,27+,28?,29-,30?,31-,33?,34?,35+,36-,37-,38?,40?,42-,43?,44-/m1/s1. The number of carboxylic acids is 1. The average Bonchev–Trinajstić information content (AvgIpc) is 3.17. The van der Waals surface area contributed by atoms with Gasteiger partial charge in [0, 0.05) is 32.4 Å². The Kier molecular flexibility index (Phi) is 19.1. The quantitative estimate of drug-likeness (QED) is 0.107. The molecule has 0 aromatic carbocycles. The van der Waals surface area contributed by atoms with E-state index in [-0.39, 0.29) is 49.5 Å². The van der Waals surface area contributed by atoms with Gasteiger partial charge in [-0.05, 0) is 97.3 Å². The van der Waals surface area contributed by atoms with Crippen molar-refractivity contribution in [3.63, 3.8) is 0 Å². The van der Waals surface area contributed by atoms with Crippen molar-refractivity contribution < 1.29 is 73.1 Å². The topological polar surface area (TPSA) is 229 Å². The number of unbranched alkanes of at least 4 members (excludes halogenated alkanes) is 2. The number of rotatable bonds is 13. The summed E-state index contributed by atoms with van der Waals surface area (Å²) in [6.07, 6.45) is -7.41. The highest BCUT2D eigenvalue weighted by Crippen LogP contribution is 2.43. The fourth-order valence-electron chi connectivity index (χ4n) is 9.64. The number of hydrogen-bond donors (Lipinski definition) is 6. The summed E-state index contributed by atoms with van der Waals surface area (Å²) in [4.78, 5) is 38.1. The monoisotopic (exact) mass is 862 g/mol.